The van der Waals surface area contributed by atoms with E-state index in [-0.39, 0.29) is 5.69 Å². The summed E-state index contributed by atoms with van der Waals surface area (Å²) in [5.41, 5.74) is -1.09. The van der Waals surface area contributed by atoms with Gasteiger partial charge in [0.25, 0.3) is 0 Å². The Morgan fingerprint density at radius 1 is 1.43 bits per heavy atom. The molecule has 114 valence electrons. The molecule has 0 aliphatic carbocycles. The van der Waals surface area contributed by atoms with Gasteiger partial charge in [0.2, 0.25) is 5.91 Å². The summed E-state index contributed by atoms with van der Waals surface area (Å²) in [4.78, 5) is 16.1. The molecule has 2 N–H and O–H groups in total. The van der Waals surface area contributed by atoms with Gasteiger partial charge in [-0.1, -0.05) is 23.9 Å². The molecule has 0 saturated carbocycles. The topological polar surface area (TPSA) is 53.5 Å². The highest BCUT2D eigenvalue weighted by Gasteiger charge is 2.34. The molecule has 1 heterocycles. The van der Waals surface area contributed by atoms with Crippen molar-refractivity contribution in [3.05, 3.63) is 29.8 Å². The van der Waals surface area contributed by atoms with Crippen molar-refractivity contribution in [2.24, 2.45) is 4.99 Å². The first kappa shape index (κ1) is 15.7. The van der Waals surface area contributed by atoms with Crippen LogP contribution in [0.2, 0.25) is 0 Å². The Balaban J connectivity index is 2.05. The van der Waals surface area contributed by atoms with Crippen molar-refractivity contribution in [1.29, 1.82) is 0 Å². The number of hydrogen-bond acceptors (Lipinski definition) is 4. The van der Waals surface area contributed by atoms with Gasteiger partial charge in [-0.2, -0.15) is 13.2 Å². The number of benzene rings is 1. The molecule has 21 heavy (non-hydrogen) atoms. The van der Waals surface area contributed by atoms with E-state index >= 15 is 0 Å². The van der Waals surface area contributed by atoms with E-state index in [1.807, 2.05) is 0 Å². The average Bonchev–Trinajstić information content (AvgIpc) is 2.91. The summed E-state index contributed by atoms with van der Waals surface area (Å²) in [6.07, 6.45) is -4.50. The van der Waals surface area contributed by atoms with Gasteiger partial charge in [-0.25, -0.2) is 0 Å². The molecule has 1 unspecified atom stereocenters. The van der Waals surface area contributed by atoms with Gasteiger partial charge in [0.1, 0.15) is 0 Å². The summed E-state index contributed by atoms with van der Waals surface area (Å²) in [6, 6.07) is 4.92. The molecular weight excluding hydrogens is 303 g/mol. The van der Waals surface area contributed by atoms with E-state index in [9.17, 15) is 18.0 Å². The zero-order valence-electron chi connectivity index (χ0n) is 11.2. The summed E-state index contributed by atoms with van der Waals surface area (Å²) in [5.74, 6) is -0.492. The second-order valence-electron chi connectivity index (χ2n) is 4.41. The molecule has 2 rings (SSSR count). The van der Waals surface area contributed by atoms with Crippen LogP contribution in [0.5, 0.6) is 0 Å². The lowest BCUT2D eigenvalue weighted by Crippen LogP contribution is -2.27. The summed E-state index contributed by atoms with van der Waals surface area (Å²) < 4.78 is 38.5. The van der Waals surface area contributed by atoms with Gasteiger partial charge in [0, 0.05) is 6.54 Å². The van der Waals surface area contributed by atoms with E-state index in [1.165, 1.54) is 30.0 Å². The van der Waals surface area contributed by atoms with Crippen LogP contribution in [-0.2, 0) is 11.0 Å². The molecular formula is C13H14F3N3OS. The highest BCUT2D eigenvalue weighted by atomic mass is 32.2. The highest BCUT2D eigenvalue weighted by Crippen LogP contribution is 2.34. The lowest BCUT2D eigenvalue weighted by Gasteiger charge is -2.16. The number of thioether (sulfide) groups is 1. The minimum atomic E-state index is -4.50. The van der Waals surface area contributed by atoms with Crippen LogP contribution in [0, 0.1) is 0 Å². The molecule has 1 aromatic rings. The molecule has 1 amide bonds. The smallest absolute Gasteiger partial charge is 0.363 e. The van der Waals surface area contributed by atoms with Crippen molar-refractivity contribution < 1.29 is 18.0 Å². The molecule has 1 aromatic carbocycles. The molecule has 0 aromatic heterocycles. The highest BCUT2D eigenvalue weighted by molar-refractivity contribution is 8.14. The Hall–Kier alpha value is -1.70. The van der Waals surface area contributed by atoms with Gasteiger partial charge in [-0.05, 0) is 19.1 Å². The van der Waals surface area contributed by atoms with E-state index < -0.39 is 22.9 Å². The third-order valence-electron chi connectivity index (χ3n) is 2.79. The minimum absolute atomic E-state index is 0.233. The third-order valence-corrected chi connectivity index (χ3v) is 3.86. The summed E-state index contributed by atoms with van der Waals surface area (Å²) in [5, 5.41) is 5.42. The molecule has 0 bridgehead atoms. The average molecular weight is 317 g/mol. The Kier molecular flexibility index (Phi) is 4.76. The number of para-hydroxylation sites is 1. The maximum Gasteiger partial charge on any atom is 0.418 e. The van der Waals surface area contributed by atoms with Crippen molar-refractivity contribution in [1.82, 2.24) is 5.32 Å². The fourth-order valence-electron chi connectivity index (χ4n) is 1.75. The minimum Gasteiger partial charge on any atom is -0.363 e. The molecule has 1 atom stereocenters. The maximum absolute atomic E-state index is 12.8. The Bertz CT molecular complexity index is 560. The number of aliphatic imine (C=N–C) groups is 1. The standard InChI is InChI=1S/C13H14F3N3OS/c1-8(21-12-17-6-7-18-12)11(20)19-10-5-3-2-4-9(10)13(14,15)16/h2-5,8H,6-7H2,1H3,(H,17,18)(H,19,20). The van der Waals surface area contributed by atoms with Crippen LogP contribution in [0.15, 0.2) is 29.3 Å². The largest absolute Gasteiger partial charge is 0.418 e. The number of amidine groups is 1. The van der Waals surface area contributed by atoms with Gasteiger partial charge in [-0.3, -0.25) is 9.79 Å². The number of rotatable bonds is 3. The second-order valence-corrected chi connectivity index (χ2v) is 5.74. The normalized spacial score (nSPS) is 16.1. The first-order chi connectivity index (χ1) is 9.88. The second kappa shape index (κ2) is 6.38. The summed E-state index contributed by atoms with van der Waals surface area (Å²) in [7, 11) is 0. The number of hydrogen-bond donors (Lipinski definition) is 2. The zero-order valence-corrected chi connectivity index (χ0v) is 12.0. The van der Waals surface area contributed by atoms with Gasteiger partial charge >= 0.3 is 6.18 Å². The number of carbonyl (C=O) groups excluding carboxylic acids is 1. The summed E-state index contributed by atoms with van der Waals surface area (Å²) >= 11 is 1.19. The van der Waals surface area contributed by atoms with Crippen LogP contribution in [0.1, 0.15) is 12.5 Å². The van der Waals surface area contributed by atoms with Crippen LogP contribution in [0.4, 0.5) is 18.9 Å². The van der Waals surface area contributed by atoms with E-state index in [0.29, 0.717) is 18.3 Å². The number of carbonyl (C=O) groups is 1. The molecule has 0 spiro atoms. The van der Waals surface area contributed by atoms with Gasteiger partial charge in [0.15, 0.2) is 5.17 Å². The van der Waals surface area contributed by atoms with E-state index in [4.69, 9.17) is 0 Å². The van der Waals surface area contributed by atoms with Crippen LogP contribution < -0.4 is 10.6 Å². The fraction of sp³-hybridized carbons (Fsp3) is 0.385. The molecule has 1 aliphatic rings. The van der Waals surface area contributed by atoms with Crippen molar-refractivity contribution in [3.8, 4) is 0 Å². The van der Waals surface area contributed by atoms with Crippen LogP contribution >= 0.6 is 11.8 Å². The third kappa shape index (κ3) is 4.13. The predicted octanol–water partition coefficient (Wildman–Crippen LogP) is 2.72. The van der Waals surface area contributed by atoms with E-state index in [0.717, 1.165) is 6.07 Å². The van der Waals surface area contributed by atoms with Crippen LogP contribution in [-0.4, -0.2) is 29.4 Å². The van der Waals surface area contributed by atoms with Crippen LogP contribution in [0.3, 0.4) is 0 Å². The molecule has 0 saturated heterocycles. The lowest BCUT2D eigenvalue weighted by atomic mass is 10.1. The maximum atomic E-state index is 12.8. The van der Waals surface area contributed by atoms with Crippen molar-refractivity contribution in [2.45, 2.75) is 18.3 Å². The lowest BCUT2D eigenvalue weighted by molar-refractivity contribution is -0.137. The van der Waals surface area contributed by atoms with Crippen molar-refractivity contribution >= 4 is 28.5 Å². The number of amides is 1. The fourth-order valence-corrected chi connectivity index (χ4v) is 2.60. The van der Waals surface area contributed by atoms with E-state index in [1.54, 1.807) is 6.92 Å². The zero-order chi connectivity index (χ0) is 15.5. The van der Waals surface area contributed by atoms with Gasteiger partial charge < -0.3 is 10.6 Å². The number of anilines is 1. The Morgan fingerprint density at radius 2 is 2.14 bits per heavy atom. The molecule has 1 aliphatic heterocycles. The molecule has 8 heteroatoms. The first-order valence-electron chi connectivity index (χ1n) is 6.30. The molecule has 4 nitrogen and oxygen atoms in total. The number of alkyl halides is 3. The van der Waals surface area contributed by atoms with Gasteiger partial charge in [0.05, 0.1) is 23.0 Å². The first-order valence-corrected chi connectivity index (χ1v) is 7.18. The number of nitrogens with one attached hydrogen (secondary N) is 2. The SMILES string of the molecule is CC(SC1=NCCN1)C(=O)Nc1ccccc1C(F)(F)F. The van der Waals surface area contributed by atoms with E-state index in [2.05, 4.69) is 15.6 Å². The molecule has 0 radical (unpaired) electrons. The quantitative estimate of drug-likeness (QED) is 0.901. The molecule has 0 fully saturated rings. The number of nitrogens with zero attached hydrogens (tertiary/aromatic N) is 1. The predicted molar refractivity (Wildman–Crippen MR) is 77.4 cm³/mol. The Morgan fingerprint density at radius 3 is 2.76 bits per heavy atom. The van der Waals surface area contributed by atoms with Crippen molar-refractivity contribution in [2.75, 3.05) is 18.4 Å². The van der Waals surface area contributed by atoms with Crippen LogP contribution in [0.25, 0.3) is 0 Å². The van der Waals surface area contributed by atoms with Gasteiger partial charge in [-0.15, -0.1) is 0 Å². The summed E-state index contributed by atoms with van der Waals surface area (Å²) in [6.45, 7) is 2.99. The monoisotopic (exact) mass is 317 g/mol. The Labute approximate surface area is 124 Å². The van der Waals surface area contributed by atoms with Crippen molar-refractivity contribution in [3.63, 3.8) is 0 Å². The number of halogens is 3.